The molecule has 146 valence electrons. The zero-order valence-electron chi connectivity index (χ0n) is 15.9. The first kappa shape index (κ1) is 23.3. The fourth-order valence-corrected chi connectivity index (χ4v) is 2.11. The molecule has 0 aliphatic carbocycles. The van der Waals surface area contributed by atoms with Crippen LogP contribution in [0.4, 0.5) is 0 Å². The number of aryl methyl sites for hydroxylation is 4. The molecule has 26 heavy (non-hydrogen) atoms. The normalized spacial score (nSPS) is 9.62. The van der Waals surface area contributed by atoms with Gasteiger partial charge in [-0.25, -0.2) is 9.97 Å². The van der Waals surface area contributed by atoms with Gasteiger partial charge < -0.3 is 25.3 Å². The molecule has 0 aliphatic rings. The summed E-state index contributed by atoms with van der Waals surface area (Å²) in [5.41, 5.74) is 2.99. The Morgan fingerprint density at radius 3 is 1.31 bits per heavy atom. The predicted molar refractivity (Wildman–Crippen MR) is 96.2 cm³/mol. The monoisotopic (exact) mass is 368 g/mol. The number of hydrogen-bond donors (Lipinski definition) is 5. The summed E-state index contributed by atoms with van der Waals surface area (Å²) in [6, 6.07) is 0. The van der Waals surface area contributed by atoms with Crippen LogP contribution in [0.5, 0.6) is 0 Å². The largest absolute Gasteiger partial charge is 0.481 e. The van der Waals surface area contributed by atoms with E-state index >= 15 is 0 Å². The number of aliphatic carboxylic acids is 2. The van der Waals surface area contributed by atoms with E-state index in [-0.39, 0.29) is 12.8 Å². The molecule has 2 aromatic heterocycles. The molecule has 0 radical (unpaired) electrons. The van der Waals surface area contributed by atoms with Crippen molar-refractivity contribution in [3.63, 3.8) is 0 Å². The number of aliphatic hydroxyl groups is 1. The first-order valence-electron chi connectivity index (χ1n) is 8.23. The molecule has 0 spiro atoms. The fraction of sp³-hybridized carbons (Fsp3) is 0.529. The molecule has 0 amide bonds. The number of aliphatic hydroxyl groups excluding tert-OH is 1. The second-order valence-corrected chi connectivity index (χ2v) is 5.34. The lowest BCUT2D eigenvalue weighted by Crippen LogP contribution is -2.01. The van der Waals surface area contributed by atoms with Crippen molar-refractivity contribution in [3.05, 3.63) is 34.4 Å². The van der Waals surface area contributed by atoms with E-state index in [9.17, 15) is 9.59 Å². The molecule has 2 aromatic rings. The van der Waals surface area contributed by atoms with Crippen molar-refractivity contribution in [3.8, 4) is 0 Å². The van der Waals surface area contributed by atoms with Crippen LogP contribution in [0.2, 0.25) is 0 Å². The average molecular weight is 368 g/mol. The minimum absolute atomic E-state index is 0.0266. The van der Waals surface area contributed by atoms with Crippen LogP contribution in [-0.2, 0) is 35.3 Å². The van der Waals surface area contributed by atoms with Crippen molar-refractivity contribution in [1.82, 2.24) is 19.9 Å². The summed E-state index contributed by atoms with van der Waals surface area (Å²) in [5.74, 6) is 0.0429. The van der Waals surface area contributed by atoms with Crippen molar-refractivity contribution in [1.29, 1.82) is 0 Å². The molecule has 0 aliphatic heterocycles. The predicted octanol–water partition coefficient (Wildman–Crippen LogP) is 1.42. The van der Waals surface area contributed by atoms with Crippen molar-refractivity contribution >= 4 is 11.9 Å². The van der Waals surface area contributed by atoms with Gasteiger partial charge in [-0.1, -0.05) is 13.8 Å². The molecule has 2 rings (SSSR count). The first-order valence-corrected chi connectivity index (χ1v) is 8.23. The van der Waals surface area contributed by atoms with E-state index in [1.165, 1.54) is 0 Å². The third kappa shape index (κ3) is 7.93. The Balaban J connectivity index is 0.000000439. The third-order valence-corrected chi connectivity index (χ3v) is 3.39. The van der Waals surface area contributed by atoms with Gasteiger partial charge in [0.25, 0.3) is 0 Å². The SMILES string of the molecule is CCc1nc(C)c(CC(=O)O)[nH]1.CCc1nc(C)c(CC(=O)O)[nH]1.CO. The molecular weight excluding hydrogens is 340 g/mol. The van der Waals surface area contributed by atoms with E-state index in [1.807, 2.05) is 27.7 Å². The van der Waals surface area contributed by atoms with Crippen molar-refractivity contribution in [2.24, 2.45) is 0 Å². The Kier molecular flexibility index (Phi) is 10.6. The number of nitrogens with zero attached hydrogens (tertiary/aromatic N) is 2. The number of aromatic amines is 2. The van der Waals surface area contributed by atoms with Crippen LogP contribution in [0.3, 0.4) is 0 Å². The van der Waals surface area contributed by atoms with Crippen LogP contribution in [0.15, 0.2) is 0 Å². The van der Waals surface area contributed by atoms with Crippen LogP contribution in [-0.4, -0.2) is 54.3 Å². The molecule has 9 nitrogen and oxygen atoms in total. The number of hydrogen-bond acceptors (Lipinski definition) is 5. The Morgan fingerprint density at radius 2 is 1.12 bits per heavy atom. The van der Waals surface area contributed by atoms with Crippen LogP contribution in [0.25, 0.3) is 0 Å². The maximum atomic E-state index is 10.4. The summed E-state index contributed by atoms with van der Waals surface area (Å²) < 4.78 is 0. The van der Waals surface area contributed by atoms with E-state index in [2.05, 4.69) is 19.9 Å². The lowest BCUT2D eigenvalue weighted by atomic mass is 10.3. The van der Waals surface area contributed by atoms with E-state index in [0.717, 1.165) is 43.0 Å². The smallest absolute Gasteiger partial charge is 0.309 e. The maximum absolute atomic E-state index is 10.4. The summed E-state index contributed by atoms with van der Waals surface area (Å²) in [6.07, 6.45) is 1.67. The Labute approximate surface area is 152 Å². The summed E-state index contributed by atoms with van der Waals surface area (Å²) in [6.45, 7) is 7.58. The van der Waals surface area contributed by atoms with Crippen molar-refractivity contribution < 1.29 is 24.9 Å². The highest BCUT2D eigenvalue weighted by molar-refractivity contribution is 5.70. The summed E-state index contributed by atoms with van der Waals surface area (Å²) >= 11 is 0. The zero-order valence-corrected chi connectivity index (χ0v) is 15.9. The highest BCUT2D eigenvalue weighted by Crippen LogP contribution is 2.06. The van der Waals surface area contributed by atoms with Gasteiger partial charge >= 0.3 is 11.9 Å². The minimum Gasteiger partial charge on any atom is -0.481 e. The summed E-state index contributed by atoms with van der Waals surface area (Å²) in [4.78, 5) is 35.0. The van der Waals surface area contributed by atoms with Gasteiger partial charge in [-0.05, 0) is 13.8 Å². The maximum Gasteiger partial charge on any atom is 0.309 e. The van der Waals surface area contributed by atoms with Gasteiger partial charge in [0.1, 0.15) is 11.6 Å². The molecule has 0 bridgehead atoms. The van der Waals surface area contributed by atoms with Gasteiger partial charge in [-0.15, -0.1) is 0 Å². The quantitative estimate of drug-likeness (QED) is 0.517. The first-order chi connectivity index (χ1) is 12.3. The number of rotatable bonds is 6. The number of nitrogens with one attached hydrogen (secondary N) is 2. The molecule has 0 unspecified atom stereocenters. The van der Waals surface area contributed by atoms with E-state index in [0.29, 0.717) is 11.4 Å². The lowest BCUT2D eigenvalue weighted by Gasteiger charge is -1.91. The van der Waals surface area contributed by atoms with Gasteiger partial charge in [0.2, 0.25) is 0 Å². The Morgan fingerprint density at radius 1 is 0.808 bits per heavy atom. The molecule has 0 saturated carbocycles. The number of imidazole rings is 2. The van der Waals surface area contributed by atoms with E-state index in [1.54, 1.807) is 0 Å². The van der Waals surface area contributed by atoms with Gasteiger partial charge in [0.15, 0.2) is 0 Å². The van der Waals surface area contributed by atoms with Crippen LogP contribution < -0.4 is 0 Å². The number of carbonyl (C=O) groups is 2. The number of aromatic nitrogens is 4. The highest BCUT2D eigenvalue weighted by Gasteiger charge is 2.09. The Hall–Kier alpha value is -2.68. The number of H-pyrrole nitrogens is 2. The van der Waals surface area contributed by atoms with Crippen LogP contribution in [0, 0.1) is 13.8 Å². The number of carboxylic acid groups (broad SMARTS) is 2. The van der Waals surface area contributed by atoms with Crippen LogP contribution >= 0.6 is 0 Å². The van der Waals surface area contributed by atoms with E-state index < -0.39 is 11.9 Å². The molecule has 5 N–H and O–H groups in total. The van der Waals surface area contributed by atoms with Gasteiger partial charge in [-0.2, -0.15) is 0 Å². The highest BCUT2D eigenvalue weighted by atomic mass is 16.4. The Bertz CT molecular complexity index is 646. The topological polar surface area (TPSA) is 152 Å². The lowest BCUT2D eigenvalue weighted by molar-refractivity contribution is -0.137. The average Bonchev–Trinajstić information content (AvgIpc) is 3.12. The molecule has 0 fully saturated rings. The molecule has 2 heterocycles. The molecule has 0 aromatic carbocycles. The second-order valence-electron chi connectivity index (χ2n) is 5.34. The standard InChI is InChI=1S/2C8H12N2O2.CH4O/c2*1-3-7-9-5(2)6(10-7)4-8(11)12;1-2/h2*3-4H2,1-2H3,(H,9,10)(H,11,12);2H,1H3. The van der Waals surface area contributed by atoms with Gasteiger partial charge in [-0.3, -0.25) is 9.59 Å². The van der Waals surface area contributed by atoms with E-state index in [4.69, 9.17) is 15.3 Å². The fourth-order valence-electron chi connectivity index (χ4n) is 2.11. The van der Waals surface area contributed by atoms with Gasteiger partial charge in [0, 0.05) is 31.3 Å². The van der Waals surface area contributed by atoms with Gasteiger partial charge in [0.05, 0.1) is 24.2 Å². The third-order valence-electron chi connectivity index (χ3n) is 3.39. The number of carboxylic acids is 2. The molecule has 0 saturated heterocycles. The van der Waals surface area contributed by atoms with Crippen LogP contribution in [0.1, 0.15) is 48.3 Å². The molecular formula is C17H28N4O5. The summed E-state index contributed by atoms with van der Waals surface area (Å²) in [5, 5.41) is 24.1. The van der Waals surface area contributed by atoms with Crippen molar-refractivity contribution in [2.75, 3.05) is 7.11 Å². The minimum atomic E-state index is -0.829. The summed E-state index contributed by atoms with van der Waals surface area (Å²) in [7, 11) is 1.00. The zero-order chi connectivity index (χ0) is 20.3. The van der Waals surface area contributed by atoms with Crippen molar-refractivity contribution in [2.45, 2.75) is 53.4 Å². The molecule has 0 atom stereocenters. The molecule has 9 heteroatoms. The second kappa shape index (κ2) is 11.8.